The predicted molar refractivity (Wildman–Crippen MR) is 42.0 cm³/mol. The Morgan fingerprint density at radius 3 is 2.23 bits per heavy atom. The first kappa shape index (κ1) is 10.4. The van der Waals surface area contributed by atoms with Gasteiger partial charge in [-0.15, -0.1) is 0 Å². The van der Waals surface area contributed by atoms with Crippen molar-refractivity contribution in [2.75, 3.05) is 6.54 Å². The molecule has 0 bridgehead atoms. The normalized spacial score (nSPS) is 39.3. The van der Waals surface area contributed by atoms with E-state index in [1.165, 1.54) is 0 Å². The van der Waals surface area contributed by atoms with Crippen molar-refractivity contribution in [3.05, 3.63) is 0 Å². The number of aliphatic carboxylic acids is 1. The second kappa shape index (κ2) is 4.01. The van der Waals surface area contributed by atoms with Crippen molar-refractivity contribution < 1.29 is 24.9 Å². The zero-order valence-corrected chi connectivity index (χ0v) is 6.96. The molecule has 1 fully saturated rings. The topological polar surface area (TPSA) is 113 Å². The third kappa shape index (κ3) is 2.16. The van der Waals surface area contributed by atoms with Gasteiger partial charge in [0.05, 0.1) is 18.6 Å². The van der Waals surface area contributed by atoms with E-state index in [-0.39, 0.29) is 13.0 Å². The summed E-state index contributed by atoms with van der Waals surface area (Å²) in [6, 6.07) is 0. The molecule has 1 aliphatic rings. The maximum atomic E-state index is 10.3. The zero-order chi connectivity index (χ0) is 10.0. The Morgan fingerprint density at radius 1 is 1.31 bits per heavy atom. The predicted octanol–water partition coefficient (Wildman–Crippen LogP) is -2.09. The summed E-state index contributed by atoms with van der Waals surface area (Å²) in [6.45, 7) is 0.0638. The Kier molecular flexibility index (Phi) is 3.21. The van der Waals surface area contributed by atoms with Gasteiger partial charge in [0, 0.05) is 6.54 Å². The third-order valence-corrected chi connectivity index (χ3v) is 2.07. The lowest BCUT2D eigenvalue weighted by Crippen LogP contribution is -2.36. The highest BCUT2D eigenvalue weighted by Crippen LogP contribution is 2.22. The van der Waals surface area contributed by atoms with Crippen molar-refractivity contribution in [1.82, 2.24) is 0 Å². The highest BCUT2D eigenvalue weighted by atomic mass is 16.5. The Morgan fingerprint density at radius 2 is 1.85 bits per heavy atom. The van der Waals surface area contributed by atoms with Gasteiger partial charge in [-0.05, 0) is 0 Å². The number of nitrogens with two attached hydrogens (primary N) is 1. The van der Waals surface area contributed by atoms with Gasteiger partial charge in [0.2, 0.25) is 0 Å². The number of carbonyl (C=O) groups is 1. The van der Waals surface area contributed by atoms with E-state index in [9.17, 15) is 15.0 Å². The van der Waals surface area contributed by atoms with Crippen LogP contribution in [-0.2, 0) is 9.53 Å². The van der Waals surface area contributed by atoms with Crippen LogP contribution in [0, 0.1) is 0 Å². The summed E-state index contributed by atoms with van der Waals surface area (Å²) >= 11 is 0. The van der Waals surface area contributed by atoms with Crippen molar-refractivity contribution in [2.24, 2.45) is 5.73 Å². The van der Waals surface area contributed by atoms with Crippen molar-refractivity contribution in [3.8, 4) is 0 Å². The molecule has 1 aliphatic heterocycles. The molecular formula is C7H13NO5. The monoisotopic (exact) mass is 191 g/mol. The molecule has 0 aromatic carbocycles. The number of hydrogen-bond acceptors (Lipinski definition) is 5. The van der Waals surface area contributed by atoms with Crippen LogP contribution in [0.1, 0.15) is 6.42 Å². The second-order valence-electron chi connectivity index (χ2n) is 3.03. The summed E-state index contributed by atoms with van der Waals surface area (Å²) < 4.78 is 5.04. The molecule has 13 heavy (non-hydrogen) atoms. The van der Waals surface area contributed by atoms with E-state index < -0.39 is 30.4 Å². The number of aliphatic hydroxyl groups is 2. The van der Waals surface area contributed by atoms with E-state index in [2.05, 4.69) is 0 Å². The van der Waals surface area contributed by atoms with Crippen LogP contribution in [0.5, 0.6) is 0 Å². The number of hydrogen-bond donors (Lipinski definition) is 4. The standard InChI is InChI=1S/C7H13NO5/c8-2-4-7(12)6(11)3(13-4)1-5(9)10/h3-4,6-7,11-12H,1-2,8H2,(H,9,10)/t3-,4?,6?,7?/m0/s1. The third-order valence-electron chi connectivity index (χ3n) is 2.07. The van der Waals surface area contributed by atoms with E-state index >= 15 is 0 Å². The Labute approximate surface area is 74.9 Å². The van der Waals surface area contributed by atoms with Gasteiger partial charge in [-0.3, -0.25) is 4.79 Å². The minimum absolute atomic E-state index is 0.0638. The summed E-state index contributed by atoms with van der Waals surface area (Å²) in [4.78, 5) is 10.3. The van der Waals surface area contributed by atoms with Gasteiger partial charge in [0.15, 0.2) is 0 Å². The van der Waals surface area contributed by atoms with Crippen molar-refractivity contribution >= 4 is 5.97 Å². The summed E-state index contributed by atoms with van der Waals surface area (Å²) in [5.41, 5.74) is 5.24. The molecule has 3 unspecified atom stereocenters. The summed E-state index contributed by atoms with van der Waals surface area (Å²) in [5, 5.41) is 27.0. The van der Waals surface area contributed by atoms with E-state index in [4.69, 9.17) is 15.6 Å². The van der Waals surface area contributed by atoms with Crippen LogP contribution in [-0.4, -0.2) is 52.2 Å². The number of carboxylic acids is 1. The fraction of sp³-hybridized carbons (Fsp3) is 0.857. The van der Waals surface area contributed by atoms with E-state index in [0.717, 1.165) is 0 Å². The van der Waals surface area contributed by atoms with Gasteiger partial charge in [-0.1, -0.05) is 0 Å². The molecule has 1 saturated heterocycles. The largest absolute Gasteiger partial charge is 0.481 e. The lowest BCUT2D eigenvalue weighted by atomic mass is 10.1. The van der Waals surface area contributed by atoms with Crippen LogP contribution in [0.3, 0.4) is 0 Å². The molecule has 0 aromatic rings. The summed E-state index contributed by atoms with van der Waals surface area (Å²) in [7, 11) is 0. The van der Waals surface area contributed by atoms with Gasteiger partial charge in [0.25, 0.3) is 0 Å². The molecule has 0 radical (unpaired) electrons. The van der Waals surface area contributed by atoms with Gasteiger partial charge < -0.3 is 25.8 Å². The molecule has 0 aliphatic carbocycles. The van der Waals surface area contributed by atoms with Crippen LogP contribution >= 0.6 is 0 Å². The van der Waals surface area contributed by atoms with Crippen LogP contribution in [0.25, 0.3) is 0 Å². The van der Waals surface area contributed by atoms with Crippen LogP contribution < -0.4 is 5.73 Å². The highest BCUT2D eigenvalue weighted by molar-refractivity contribution is 5.67. The van der Waals surface area contributed by atoms with Crippen molar-refractivity contribution in [2.45, 2.75) is 30.8 Å². The quantitative estimate of drug-likeness (QED) is 0.407. The minimum atomic E-state index is -1.16. The SMILES string of the molecule is NCC1O[C@@H](CC(=O)O)C(O)C1O. The van der Waals surface area contributed by atoms with E-state index in [1.807, 2.05) is 0 Å². The lowest BCUT2D eigenvalue weighted by molar-refractivity contribution is -0.141. The molecule has 0 aromatic heterocycles. The molecule has 1 rings (SSSR count). The fourth-order valence-electron chi connectivity index (χ4n) is 1.36. The highest BCUT2D eigenvalue weighted by Gasteiger charge is 2.42. The van der Waals surface area contributed by atoms with Crippen LogP contribution in [0.4, 0.5) is 0 Å². The number of rotatable bonds is 3. The van der Waals surface area contributed by atoms with Gasteiger partial charge in [-0.25, -0.2) is 0 Å². The molecule has 6 nitrogen and oxygen atoms in total. The Hall–Kier alpha value is -0.690. The zero-order valence-electron chi connectivity index (χ0n) is 6.96. The number of carboxylic acid groups (broad SMARTS) is 1. The first-order valence-electron chi connectivity index (χ1n) is 3.99. The summed E-state index contributed by atoms with van der Waals surface area (Å²) in [5.74, 6) is -1.08. The molecule has 0 spiro atoms. The number of aliphatic hydroxyl groups excluding tert-OH is 2. The van der Waals surface area contributed by atoms with Crippen LogP contribution in [0.15, 0.2) is 0 Å². The maximum Gasteiger partial charge on any atom is 0.306 e. The van der Waals surface area contributed by atoms with Gasteiger partial charge in [0.1, 0.15) is 12.2 Å². The summed E-state index contributed by atoms with van der Waals surface area (Å²) in [6.07, 6.45) is -4.10. The number of ether oxygens (including phenoxy) is 1. The Bertz CT molecular complexity index is 197. The molecule has 76 valence electrons. The van der Waals surface area contributed by atoms with E-state index in [1.54, 1.807) is 0 Å². The maximum absolute atomic E-state index is 10.3. The van der Waals surface area contributed by atoms with Crippen molar-refractivity contribution in [3.63, 3.8) is 0 Å². The molecule has 0 saturated carbocycles. The molecule has 1 heterocycles. The van der Waals surface area contributed by atoms with Crippen LogP contribution in [0.2, 0.25) is 0 Å². The second-order valence-corrected chi connectivity index (χ2v) is 3.03. The first-order valence-corrected chi connectivity index (χ1v) is 3.99. The Balaban J connectivity index is 2.55. The van der Waals surface area contributed by atoms with E-state index in [0.29, 0.717) is 0 Å². The fourth-order valence-corrected chi connectivity index (χ4v) is 1.36. The average molecular weight is 191 g/mol. The molecule has 5 N–H and O–H groups in total. The molecule has 0 amide bonds. The average Bonchev–Trinajstić information content (AvgIpc) is 2.32. The molecule has 6 heteroatoms. The molecular weight excluding hydrogens is 178 g/mol. The van der Waals surface area contributed by atoms with Gasteiger partial charge in [-0.2, -0.15) is 0 Å². The molecule has 4 atom stereocenters. The first-order chi connectivity index (χ1) is 6.06. The minimum Gasteiger partial charge on any atom is -0.481 e. The smallest absolute Gasteiger partial charge is 0.306 e. The van der Waals surface area contributed by atoms with Gasteiger partial charge >= 0.3 is 5.97 Å². The van der Waals surface area contributed by atoms with Crippen molar-refractivity contribution in [1.29, 1.82) is 0 Å². The lowest BCUT2D eigenvalue weighted by Gasteiger charge is -2.11.